The summed E-state index contributed by atoms with van der Waals surface area (Å²) >= 11 is 0. The molecule has 0 saturated carbocycles. The lowest BCUT2D eigenvalue weighted by Gasteiger charge is -2.15. The van der Waals surface area contributed by atoms with Crippen molar-refractivity contribution in [3.8, 4) is 11.4 Å². The molecule has 3 rings (SSSR count). The molecule has 4 N–H and O–H groups in total. The van der Waals surface area contributed by atoms with Crippen LogP contribution in [-0.2, 0) is 0 Å². The van der Waals surface area contributed by atoms with Gasteiger partial charge in [-0.1, -0.05) is 18.2 Å². The van der Waals surface area contributed by atoms with E-state index < -0.39 is 18.0 Å². The third-order valence-electron chi connectivity index (χ3n) is 4.09. The largest absolute Gasteiger partial charge is 0.491 e. The molecule has 0 aliphatic heterocycles. The number of imidazole rings is 1. The van der Waals surface area contributed by atoms with Gasteiger partial charge in [-0.3, -0.25) is 4.57 Å². The number of aliphatic hydroxyl groups excluding tert-OH is 1. The van der Waals surface area contributed by atoms with Crippen molar-refractivity contribution in [2.75, 3.05) is 18.5 Å². The van der Waals surface area contributed by atoms with Gasteiger partial charge in [0.15, 0.2) is 0 Å². The van der Waals surface area contributed by atoms with Crippen molar-refractivity contribution in [2.45, 2.75) is 13.0 Å². The fourth-order valence-corrected chi connectivity index (χ4v) is 2.71. The predicted octanol–water partition coefficient (Wildman–Crippen LogP) is 2.17. The van der Waals surface area contributed by atoms with Gasteiger partial charge < -0.3 is 25.5 Å². The molecule has 1 heterocycles. The Morgan fingerprint density at radius 3 is 2.79 bits per heavy atom. The van der Waals surface area contributed by atoms with Gasteiger partial charge in [0.05, 0.1) is 11.4 Å². The number of urea groups is 1. The van der Waals surface area contributed by atoms with Crippen LogP contribution in [0, 0.1) is 12.7 Å². The molecule has 2 amide bonds. The van der Waals surface area contributed by atoms with Gasteiger partial charge in [0.25, 0.3) is 0 Å². The van der Waals surface area contributed by atoms with Crippen LogP contribution in [0.4, 0.5) is 14.9 Å². The molecule has 8 nitrogen and oxygen atoms in total. The molecule has 1 atom stereocenters. The molecular weight excluding hydrogens is 379 g/mol. The minimum atomic E-state index is -0.992. The van der Waals surface area contributed by atoms with Gasteiger partial charge in [0.2, 0.25) is 0 Å². The highest BCUT2D eigenvalue weighted by atomic mass is 19.1. The number of hydrogen-bond donors (Lipinski definition) is 4. The first-order valence-electron chi connectivity index (χ1n) is 8.92. The number of nitrogens with one attached hydrogen (secondary N) is 3. The molecule has 0 saturated heterocycles. The smallest absolute Gasteiger partial charge is 0.330 e. The lowest BCUT2D eigenvalue weighted by atomic mass is 10.2. The predicted molar refractivity (Wildman–Crippen MR) is 106 cm³/mol. The number of halogens is 1. The number of aromatic amines is 1. The standard InChI is InChI=1S/C20H21FN4O4/c1-13-10-23-20(28)25(13)18-8-3-2-7-17(18)24-19(27)22-11-15(26)12-29-16-6-4-5-14(21)9-16/h2-10,15,26H,11-12H2,1H3,(H,23,28)(H2,22,24,27). The number of aryl methyl sites for hydroxylation is 1. The van der Waals surface area contributed by atoms with Gasteiger partial charge in [-0.05, 0) is 31.2 Å². The van der Waals surface area contributed by atoms with Crippen molar-refractivity contribution in [1.82, 2.24) is 14.9 Å². The Bertz CT molecular complexity index is 1050. The average Bonchev–Trinajstić information content (AvgIpc) is 3.03. The fraction of sp³-hybridized carbons (Fsp3) is 0.200. The van der Waals surface area contributed by atoms with Crippen molar-refractivity contribution in [2.24, 2.45) is 0 Å². The van der Waals surface area contributed by atoms with Gasteiger partial charge in [-0.2, -0.15) is 0 Å². The number of para-hydroxylation sites is 2. The monoisotopic (exact) mass is 400 g/mol. The highest BCUT2D eigenvalue weighted by molar-refractivity contribution is 5.91. The van der Waals surface area contributed by atoms with E-state index in [1.54, 1.807) is 43.5 Å². The maximum atomic E-state index is 13.1. The summed E-state index contributed by atoms with van der Waals surface area (Å²) in [7, 11) is 0. The third-order valence-corrected chi connectivity index (χ3v) is 4.09. The van der Waals surface area contributed by atoms with Crippen LogP contribution >= 0.6 is 0 Å². The van der Waals surface area contributed by atoms with Gasteiger partial charge in [-0.25, -0.2) is 14.0 Å². The Hall–Kier alpha value is -3.59. The Morgan fingerprint density at radius 2 is 2.07 bits per heavy atom. The average molecular weight is 400 g/mol. The van der Waals surface area contributed by atoms with Crippen LogP contribution in [0.2, 0.25) is 0 Å². The highest BCUT2D eigenvalue weighted by Gasteiger charge is 2.13. The molecule has 0 spiro atoms. The fourth-order valence-electron chi connectivity index (χ4n) is 2.71. The molecular formula is C20H21FN4O4. The number of aliphatic hydroxyl groups is 1. The molecule has 29 heavy (non-hydrogen) atoms. The van der Waals surface area contributed by atoms with Gasteiger partial charge in [0, 0.05) is 24.5 Å². The minimum Gasteiger partial charge on any atom is -0.491 e. The van der Waals surface area contributed by atoms with Crippen LogP contribution in [-0.4, -0.2) is 39.9 Å². The number of carbonyl (C=O) groups is 1. The SMILES string of the molecule is Cc1c[nH]c(=O)n1-c1ccccc1NC(=O)NCC(O)COc1cccc(F)c1. The Balaban J connectivity index is 1.56. The van der Waals surface area contributed by atoms with E-state index in [0.29, 0.717) is 17.1 Å². The number of hydrogen-bond acceptors (Lipinski definition) is 4. The summed E-state index contributed by atoms with van der Waals surface area (Å²) in [5.74, 6) is -0.153. The summed E-state index contributed by atoms with van der Waals surface area (Å²) in [4.78, 5) is 26.8. The van der Waals surface area contributed by atoms with Crippen LogP contribution in [0.5, 0.6) is 5.75 Å². The van der Waals surface area contributed by atoms with Crippen molar-refractivity contribution in [3.05, 3.63) is 76.7 Å². The summed E-state index contributed by atoms with van der Waals surface area (Å²) in [5.41, 5.74) is 1.32. The van der Waals surface area contributed by atoms with Gasteiger partial charge in [-0.15, -0.1) is 0 Å². The van der Waals surface area contributed by atoms with Crippen LogP contribution in [0.1, 0.15) is 5.69 Å². The molecule has 0 radical (unpaired) electrons. The molecule has 152 valence electrons. The first-order valence-corrected chi connectivity index (χ1v) is 8.92. The molecule has 0 aliphatic rings. The quantitative estimate of drug-likeness (QED) is 0.487. The van der Waals surface area contributed by atoms with Gasteiger partial charge in [0.1, 0.15) is 24.3 Å². The number of H-pyrrole nitrogens is 1. The zero-order valence-corrected chi connectivity index (χ0v) is 15.7. The lowest BCUT2D eigenvalue weighted by molar-refractivity contribution is 0.108. The number of anilines is 1. The summed E-state index contributed by atoms with van der Waals surface area (Å²) in [6.07, 6.45) is 0.586. The first-order chi connectivity index (χ1) is 13.9. The number of carbonyl (C=O) groups excluding carboxylic acids is 1. The van der Waals surface area contributed by atoms with E-state index in [-0.39, 0.29) is 24.6 Å². The molecule has 1 unspecified atom stereocenters. The van der Waals surface area contributed by atoms with Crippen molar-refractivity contribution in [3.63, 3.8) is 0 Å². The molecule has 2 aromatic carbocycles. The zero-order chi connectivity index (χ0) is 20.8. The maximum Gasteiger partial charge on any atom is 0.330 e. The van der Waals surface area contributed by atoms with Crippen molar-refractivity contribution >= 4 is 11.7 Å². The van der Waals surface area contributed by atoms with Crippen LogP contribution in [0.15, 0.2) is 59.5 Å². The van der Waals surface area contributed by atoms with Gasteiger partial charge >= 0.3 is 11.7 Å². The van der Waals surface area contributed by atoms with E-state index in [1.165, 1.54) is 22.8 Å². The van der Waals surface area contributed by atoms with Crippen molar-refractivity contribution < 1.29 is 19.0 Å². The van der Waals surface area contributed by atoms with E-state index in [0.717, 1.165) is 0 Å². The second-order valence-corrected chi connectivity index (χ2v) is 6.34. The van der Waals surface area contributed by atoms with E-state index in [9.17, 15) is 19.1 Å². The molecule has 0 fully saturated rings. The molecule has 0 aliphatic carbocycles. The zero-order valence-electron chi connectivity index (χ0n) is 15.7. The summed E-state index contributed by atoms with van der Waals surface area (Å²) in [6.45, 7) is 1.58. The normalized spacial score (nSPS) is 11.7. The topological polar surface area (TPSA) is 108 Å². The van der Waals surface area contributed by atoms with Crippen LogP contribution in [0.25, 0.3) is 5.69 Å². The highest BCUT2D eigenvalue weighted by Crippen LogP contribution is 2.19. The summed E-state index contributed by atoms with van der Waals surface area (Å²) < 4.78 is 19.8. The maximum absolute atomic E-state index is 13.1. The summed E-state index contributed by atoms with van der Waals surface area (Å²) in [5, 5.41) is 15.2. The number of amides is 2. The summed E-state index contributed by atoms with van der Waals surface area (Å²) in [6, 6.07) is 11.9. The molecule has 1 aromatic heterocycles. The van der Waals surface area contributed by atoms with Crippen molar-refractivity contribution in [1.29, 1.82) is 0 Å². The van der Waals surface area contributed by atoms with E-state index in [4.69, 9.17) is 4.74 Å². The second kappa shape index (κ2) is 9.07. The minimum absolute atomic E-state index is 0.0769. The Morgan fingerprint density at radius 1 is 1.28 bits per heavy atom. The second-order valence-electron chi connectivity index (χ2n) is 6.34. The first kappa shape index (κ1) is 20.2. The number of ether oxygens (including phenoxy) is 1. The van der Waals surface area contributed by atoms with Crippen LogP contribution < -0.4 is 21.1 Å². The molecule has 9 heteroatoms. The lowest BCUT2D eigenvalue weighted by Crippen LogP contribution is -2.38. The van der Waals surface area contributed by atoms with E-state index in [1.807, 2.05) is 0 Å². The number of nitrogens with zero attached hydrogens (tertiary/aromatic N) is 1. The third kappa shape index (κ3) is 5.23. The molecule has 3 aromatic rings. The van der Waals surface area contributed by atoms with E-state index >= 15 is 0 Å². The Labute approximate surface area is 166 Å². The van der Waals surface area contributed by atoms with Crippen LogP contribution in [0.3, 0.4) is 0 Å². The number of rotatable bonds is 7. The number of benzene rings is 2. The number of aromatic nitrogens is 2. The Kier molecular flexibility index (Phi) is 6.30. The van der Waals surface area contributed by atoms with E-state index in [2.05, 4.69) is 15.6 Å². The molecule has 0 bridgehead atoms.